The van der Waals surface area contributed by atoms with E-state index in [0.717, 1.165) is 0 Å². The average Bonchev–Trinajstić information content (AvgIpc) is 3.28. The third kappa shape index (κ3) is 4.06. The fourth-order valence-corrected chi connectivity index (χ4v) is 5.62. The first kappa shape index (κ1) is 26.1. The second kappa shape index (κ2) is 10.3. The summed E-state index contributed by atoms with van der Waals surface area (Å²) in [6.07, 6.45) is 0. The van der Waals surface area contributed by atoms with Crippen molar-refractivity contribution in [3.05, 3.63) is 102 Å². The number of fused-ring (bicyclic) bond motifs is 3. The van der Waals surface area contributed by atoms with Crippen LogP contribution >= 0.6 is 0 Å². The molecule has 1 amide bonds. The van der Waals surface area contributed by atoms with E-state index in [1.807, 2.05) is 0 Å². The zero-order valence-electron chi connectivity index (χ0n) is 21.5. The molecule has 200 valence electrons. The van der Waals surface area contributed by atoms with E-state index in [9.17, 15) is 19.2 Å². The lowest BCUT2D eigenvalue weighted by Gasteiger charge is -2.42. The van der Waals surface area contributed by atoms with Crippen molar-refractivity contribution < 1.29 is 33.4 Å². The molecule has 39 heavy (non-hydrogen) atoms. The van der Waals surface area contributed by atoms with Gasteiger partial charge in [0.15, 0.2) is 5.54 Å². The number of hydrogen-bond acceptors (Lipinski definition) is 8. The summed E-state index contributed by atoms with van der Waals surface area (Å²) in [5, 5.41) is 6.05. The van der Waals surface area contributed by atoms with Gasteiger partial charge in [-0.3, -0.25) is 10.1 Å². The van der Waals surface area contributed by atoms with E-state index in [-0.39, 0.29) is 24.5 Å². The molecule has 3 aromatic carbocycles. The highest BCUT2D eigenvalue weighted by Crippen LogP contribution is 2.56. The highest BCUT2D eigenvalue weighted by atomic mass is 16.6. The van der Waals surface area contributed by atoms with Crippen LogP contribution in [-0.4, -0.2) is 48.1 Å². The van der Waals surface area contributed by atoms with Gasteiger partial charge in [0.1, 0.15) is 5.75 Å². The molecule has 5 rings (SSSR count). The minimum atomic E-state index is -2.20. The van der Waals surface area contributed by atoms with Gasteiger partial charge >= 0.3 is 17.9 Å². The summed E-state index contributed by atoms with van der Waals surface area (Å²) in [5.74, 6) is -4.31. The molecule has 0 bridgehead atoms. The Morgan fingerprint density at radius 3 is 2.03 bits per heavy atom. The largest absolute Gasteiger partial charge is 0.464 e. The van der Waals surface area contributed by atoms with E-state index in [1.165, 1.54) is 0 Å². The Bertz CT molecular complexity index is 1390. The van der Waals surface area contributed by atoms with Gasteiger partial charge in [-0.15, -0.1) is 0 Å². The van der Waals surface area contributed by atoms with Gasteiger partial charge in [0.05, 0.1) is 25.2 Å². The second-order valence-corrected chi connectivity index (χ2v) is 9.29. The number of esters is 3. The Morgan fingerprint density at radius 2 is 1.41 bits per heavy atom. The average molecular weight is 529 g/mol. The minimum absolute atomic E-state index is 0.0295. The van der Waals surface area contributed by atoms with Crippen LogP contribution < -0.4 is 15.4 Å². The molecule has 1 fully saturated rings. The molecule has 2 heterocycles. The predicted molar refractivity (Wildman–Crippen MR) is 140 cm³/mol. The normalized spacial score (nSPS) is 22.6. The van der Waals surface area contributed by atoms with E-state index in [2.05, 4.69) is 10.6 Å². The number of rotatable bonds is 7. The van der Waals surface area contributed by atoms with Crippen molar-refractivity contribution in [3.8, 4) is 5.75 Å². The van der Waals surface area contributed by atoms with Gasteiger partial charge in [-0.25, -0.2) is 14.4 Å². The smallest absolute Gasteiger partial charge is 0.340 e. The maximum atomic E-state index is 14.2. The Kier molecular flexibility index (Phi) is 6.93. The summed E-state index contributed by atoms with van der Waals surface area (Å²) in [6.45, 7) is 3.18. The molecule has 0 spiro atoms. The van der Waals surface area contributed by atoms with Crippen LogP contribution in [0, 0.1) is 0 Å². The summed E-state index contributed by atoms with van der Waals surface area (Å²) in [6, 6.07) is 22.7. The van der Waals surface area contributed by atoms with Gasteiger partial charge in [-0.05, 0) is 37.6 Å². The van der Waals surface area contributed by atoms with Gasteiger partial charge in [0, 0.05) is 11.1 Å². The summed E-state index contributed by atoms with van der Waals surface area (Å²) >= 11 is 0. The Labute approximate surface area is 225 Å². The Balaban J connectivity index is 1.82. The number of amides is 1. The zero-order chi connectivity index (χ0) is 27.6. The van der Waals surface area contributed by atoms with E-state index >= 15 is 0 Å². The maximum Gasteiger partial charge on any atom is 0.340 e. The molecule has 1 unspecified atom stereocenters. The van der Waals surface area contributed by atoms with Crippen LogP contribution in [0.25, 0.3) is 0 Å². The molecule has 3 aromatic rings. The van der Waals surface area contributed by atoms with Crippen molar-refractivity contribution in [1.29, 1.82) is 0 Å². The zero-order valence-corrected chi connectivity index (χ0v) is 21.5. The van der Waals surface area contributed by atoms with E-state index in [4.69, 9.17) is 14.2 Å². The van der Waals surface area contributed by atoms with Crippen LogP contribution in [0.1, 0.15) is 47.3 Å². The lowest BCUT2D eigenvalue weighted by atomic mass is 9.67. The third-order valence-corrected chi connectivity index (χ3v) is 7.17. The van der Waals surface area contributed by atoms with Gasteiger partial charge in [-0.2, -0.15) is 0 Å². The van der Waals surface area contributed by atoms with Gasteiger partial charge in [0.2, 0.25) is 5.54 Å². The number of carbonyl (C=O) groups excluding carboxylic acids is 4. The summed E-state index contributed by atoms with van der Waals surface area (Å²) < 4.78 is 16.7. The molecule has 9 heteroatoms. The molecule has 1 saturated heterocycles. The van der Waals surface area contributed by atoms with Crippen LogP contribution in [0.4, 0.5) is 0 Å². The highest BCUT2D eigenvalue weighted by Gasteiger charge is 2.76. The molecule has 3 atom stereocenters. The van der Waals surface area contributed by atoms with Crippen LogP contribution in [0.5, 0.6) is 5.75 Å². The van der Waals surface area contributed by atoms with Crippen molar-refractivity contribution in [2.45, 2.75) is 36.9 Å². The molecule has 0 saturated carbocycles. The number of ether oxygens (including phenoxy) is 3. The van der Waals surface area contributed by atoms with E-state index < -0.39 is 46.9 Å². The first-order chi connectivity index (χ1) is 18.9. The molecule has 2 aliphatic heterocycles. The SMILES string of the molecule is CCOC(=O)C1(C(=O)OCC)NC2c3ccccc3OC(=O)[C@]2(NC(=O)c2ccccc2)[C@@H]1c1ccccc1. The molecule has 2 aliphatic rings. The van der Waals surface area contributed by atoms with Crippen LogP contribution in [0.15, 0.2) is 84.9 Å². The lowest BCUT2D eigenvalue weighted by molar-refractivity contribution is -0.167. The van der Waals surface area contributed by atoms with Gasteiger partial charge in [0.25, 0.3) is 5.91 Å². The lowest BCUT2D eigenvalue weighted by Crippen LogP contribution is -2.66. The molecule has 0 aliphatic carbocycles. The molecule has 9 nitrogen and oxygen atoms in total. The number of carbonyl (C=O) groups is 4. The van der Waals surface area contributed by atoms with Crippen molar-refractivity contribution in [3.63, 3.8) is 0 Å². The topological polar surface area (TPSA) is 120 Å². The van der Waals surface area contributed by atoms with Crippen LogP contribution in [-0.2, 0) is 23.9 Å². The van der Waals surface area contributed by atoms with E-state index in [0.29, 0.717) is 11.1 Å². The highest BCUT2D eigenvalue weighted by molar-refractivity contribution is 6.11. The van der Waals surface area contributed by atoms with Crippen LogP contribution in [0.3, 0.4) is 0 Å². The quantitative estimate of drug-likeness (QED) is 0.273. The minimum Gasteiger partial charge on any atom is -0.464 e. The molecule has 2 N–H and O–H groups in total. The number of benzene rings is 3. The summed E-state index contributed by atoms with van der Waals surface area (Å²) in [7, 11) is 0. The molecule has 0 radical (unpaired) electrons. The first-order valence-corrected chi connectivity index (χ1v) is 12.8. The van der Waals surface area contributed by atoms with Crippen molar-refractivity contribution in [2.24, 2.45) is 0 Å². The van der Waals surface area contributed by atoms with Crippen molar-refractivity contribution >= 4 is 23.8 Å². The first-order valence-electron chi connectivity index (χ1n) is 12.8. The summed E-state index contributed by atoms with van der Waals surface area (Å²) in [4.78, 5) is 55.6. The fourth-order valence-electron chi connectivity index (χ4n) is 5.62. The second-order valence-electron chi connectivity index (χ2n) is 9.29. The monoisotopic (exact) mass is 528 g/mol. The number of hydrogen-bond donors (Lipinski definition) is 2. The van der Waals surface area contributed by atoms with Crippen LogP contribution in [0.2, 0.25) is 0 Å². The Hall–Kier alpha value is -4.50. The summed E-state index contributed by atoms with van der Waals surface area (Å²) in [5.41, 5.74) is -2.94. The number of nitrogens with one attached hydrogen (secondary N) is 2. The van der Waals surface area contributed by atoms with Crippen molar-refractivity contribution in [2.75, 3.05) is 13.2 Å². The van der Waals surface area contributed by atoms with Crippen molar-refractivity contribution in [1.82, 2.24) is 10.6 Å². The van der Waals surface area contributed by atoms with Gasteiger partial charge < -0.3 is 19.5 Å². The van der Waals surface area contributed by atoms with Gasteiger partial charge in [-0.1, -0.05) is 66.7 Å². The maximum absolute atomic E-state index is 14.2. The number of para-hydroxylation sites is 1. The molecule has 0 aromatic heterocycles. The fraction of sp³-hybridized carbons (Fsp3) is 0.267. The van der Waals surface area contributed by atoms with E-state index in [1.54, 1.807) is 98.8 Å². The third-order valence-electron chi connectivity index (χ3n) is 7.17. The Morgan fingerprint density at radius 1 is 0.846 bits per heavy atom. The predicted octanol–water partition coefficient (Wildman–Crippen LogP) is 3.07. The molecular weight excluding hydrogens is 500 g/mol. The molecular formula is C30H28N2O7. The standard InChI is InChI=1S/C30H28N2O7/c1-3-37-26(34)30(27(35)38-4-2)23(19-13-7-5-8-14-19)29(32-25(33)20-15-9-6-10-16-20)24(31-30)21-17-11-12-18-22(21)39-28(29)36/h5-18,23-24,31H,3-4H2,1-2H3,(H,32,33)/t23-,24?,29-/m0/s1.